The summed E-state index contributed by atoms with van der Waals surface area (Å²) in [5, 5.41) is 39.7. The summed E-state index contributed by atoms with van der Waals surface area (Å²) in [6.45, 7) is 2.23. The molecule has 0 aromatic rings. The molecular weight excluding hydrogens is 386 g/mol. The van der Waals surface area contributed by atoms with Crippen molar-refractivity contribution in [2.24, 2.45) is 23.7 Å². The molecular formula is C22H39N3O5. The number of ether oxygens (including phenoxy) is 2. The van der Waals surface area contributed by atoms with Crippen molar-refractivity contribution < 1.29 is 24.8 Å². The molecule has 0 aromatic carbocycles. The standard InChI is InChI=1S/C22H39N3O5/c1-29-9-7-16-15-6-8-25(21(15)24-11-23-16)22-19(28)18(27)20(30-22)17(26)14-5-3-12-2-4-13(12)10-14/h12-24,26-28H,2-11H2,1H3/t12?,13?,14?,15?,16?,17-,18+,19-,20-,21?,22-/m1/s1. The van der Waals surface area contributed by atoms with E-state index in [0.717, 1.165) is 50.7 Å². The molecule has 3 heterocycles. The Morgan fingerprint density at radius 2 is 1.87 bits per heavy atom. The largest absolute Gasteiger partial charge is 0.390 e. The van der Waals surface area contributed by atoms with E-state index in [9.17, 15) is 15.3 Å². The van der Waals surface area contributed by atoms with Crippen molar-refractivity contribution in [3.8, 4) is 0 Å². The van der Waals surface area contributed by atoms with E-state index in [1.165, 1.54) is 19.3 Å². The lowest BCUT2D eigenvalue weighted by atomic mass is 9.61. The van der Waals surface area contributed by atoms with Gasteiger partial charge in [0.25, 0.3) is 0 Å². The van der Waals surface area contributed by atoms with Gasteiger partial charge in [-0.25, -0.2) is 0 Å². The number of methoxy groups -OCH3 is 1. The topological polar surface area (TPSA) is 106 Å². The molecule has 0 amide bonds. The molecule has 8 heteroatoms. The Balaban J connectivity index is 1.23. The molecule has 5 aliphatic rings. The van der Waals surface area contributed by atoms with Crippen LogP contribution in [0.15, 0.2) is 0 Å². The van der Waals surface area contributed by atoms with Gasteiger partial charge in [-0.05, 0) is 62.7 Å². The molecule has 6 unspecified atom stereocenters. The lowest BCUT2D eigenvalue weighted by Crippen LogP contribution is -2.62. The Labute approximate surface area is 179 Å². The molecule has 5 N–H and O–H groups in total. The third-order valence-corrected chi connectivity index (χ3v) is 8.82. The van der Waals surface area contributed by atoms with Gasteiger partial charge >= 0.3 is 0 Å². The van der Waals surface area contributed by atoms with Gasteiger partial charge in [0.05, 0.1) is 12.3 Å². The first-order valence-corrected chi connectivity index (χ1v) is 12.0. The molecule has 3 aliphatic heterocycles. The van der Waals surface area contributed by atoms with Crippen molar-refractivity contribution in [2.75, 3.05) is 26.9 Å². The van der Waals surface area contributed by atoms with Crippen LogP contribution in [-0.4, -0.2) is 90.0 Å². The Morgan fingerprint density at radius 1 is 1.07 bits per heavy atom. The molecule has 5 fully saturated rings. The highest BCUT2D eigenvalue weighted by Crippen LogP contribution is 2.48. The average molecular weight is 426 g/mol. The molecule has 8 nitrogen and oxygen atoms in total. The van der Waals surface area contributed by atoms with Crippen LogP contribution in [0.4, 0.5) is 0 Å². The summed E-state index contributed by atoms with van der Waals surface area (Å²) in [6, 6.07) is 0.365. The molecule has 2 aliphatic carbocycles. The lowest BCUT2D eigenvalue weighted by Gasteiger charge is -2.45. The highest BCUT2D eigenvalue weighted by Gasteiger charge is 2.54. The predicted octanol–water partition coefficient (Wildman–Crippen LogP) is -0.176. The van der Waals surface area contributed by atoms with Gasteiger partial charge in [-0.2, -0.15) is 0 Å². The lowest BCUT2D eigenvalue weighted by molar-refractivity contribution is -0.142. The van der Waals surface area contributed by atoms with E-state index in [1.807, 2.05) is 0 Å². The molecule has 2 saturated carbocycles. The van der Waals surface area contributed by atoms with Crippen LogP contribution >= 0.6 is 0 Å². The maximum absolute atomic E-state index is 11.1. The van der Waals surface area contributed by atoms with Crippen molar-refractivity contribution in [1.29, 1.82) is 0 Å². The van der Waals surface area contributed by atoms with Crippen LogP contribution in [0.3, 0.4) is 0 Å². The maximum Gasteiger partial charge on any atom is 0.141 e. The third-order valence-electron chi connectivity index (χ3n) is 8.82. The summed E-state index contributed by atoms with van der Waals surface area (Å²) < 4.78 is 11.5. The van der Waals surface area contributed by atoms with E-state index < -0.39 is 30.6 Å². The highest BCUT2D eigenvalue weighted by atomic mass is 16.6. The van der Waals surface area contributed by atoms with Crippen LogP contribution < -0.4 is 10.6 Å². The highest BCUT2D eigenvalue weighted by molar-refractivity contribution is 5.03. The van der Waals surface area contributed by atoms with Gasteiger partial charge in [-0.1, -0.05) is 0 Å². The Kier molecular flexibility index (Phi) is 6.39. The Morgan fingerprint density at radius 3 is 2.60 bits per heavy atom. The second-order valence-corrected chi connectivity index (χ2v) is 10.2. The van der Waals surface area contributed by atoms with Gasteiger partial charge in [0.2, 0.25) is 0 Å². The van der Waals surface area contributed by atoms with Crippen LogP contribution in [0.1, 0.15) is 44.9 Å². The van der Waals surface area contributed by atoms with Crippen LogP contribution in [0.25, 0.3) is 0 Å². The van der Waals surface area contributed by atoms with Gasteiger partial charge in [0, 0.05) is 38.9 Å². The van der Waals surface area contributed by atoms with E-state index >= 15 is 0 Å². The van der Waals surface area contributed by atoms with Crippen molar-refractivity contribution in [2.45, 2.75) is 87.8 Å². The average Bonchev–Trinajstić information content (AvgIpc) is 3.29. The first kappa shape index (κ1) is 21.5. The fourth-order valence-electron chi connectivity index (χ4n) is 6.91. The van der Waals surface area contributed by atoms with Crippen molar-refractivity contribution in [3.63, 3.8) is 0 Å². The summed E-state index contributed by atoms with van der Waals surface area (Å²) in [5.41, 5.74) is 0. The summed E-state index contributed by atoms with van der Waals surface area (Å²) in [4.78, 5) is 2.16. The monoisotopic (exact) mass is 425 g/mol. The number of hydrogen-bond donors (Lipinski definition) is 5. The number of fused-ring (bicyclic) bond motifs is 2. The quantitative estimate of drug-likeness (QED) is 0.399. The SMILES string of the molecule is COCCC1NCNC2C1CCN2[C@@H]1O[C@H]([C@H](O)C2CCC3CCC3C2)[C@@H](O)[C@H]1O. The zero-order valence-corrected chi connectivity index (χ0v) is 18.0. The van der Waals surface area contributed by atoms with Crippen molar-refractivity contribution in [3.05, 3.63) is 0 Å². The Hall–Kier alpha value is -0.320. The first-order chi connectivity index (χ1) is 14.6. The van der Waals surface area contributed by atoms with Gasteiger partial charge in [0.15, 0.2) is 0 Å². The second kappa shape index (κ2) is 8.90. The number of aliphatic hydroxyl groups is 3. The first-order valence-electron chi connectivity index (χ1n) is 12.0. The van der Waals surface area contributed by atoms with E-state index in [-0.39, 0.29) is 12.1 Å². The predicted molar refractivity (Wildman–Crippen MR) is 110 cm³/mol. The smallest absolute Gasteiger partial charge is 0.141 e. The molecule has 5 rings (SSSR count). The molecule has 0 bridgehead atoms. The number of likely N-dealkylation sites (tertiary alicyclic amines) is 1. The van der Waals surface area contributed by atoms with Gasteiger partial charge in [-0.15, -0.1) is 0 Å². The normalized spacial score (nSPS) is 50.0. The van der Waals surface area contributed by atoms with E-state index in [4.69, 9.17) is 9.47 Å². The van der Waals surface area contributed by atoms with Crippen molar-refractivity contribution in [1.82, 2.24) is 15.5 Å². The zero-order valence-electron chi connectivity index (χ0n) is 18.0. The van der Waals surface area contributed by atoms with Crippen LogP contribution in [0.2, 0.25) is 0 Å². The zero-order chi connectivity index (χ0) is 20.8. The fourth-order valence-corrected chi connectivity index (χ4v) is 6.91. The minimum absolute atomic E-state index is 0.0984. The van der Waals surface area contributed by atoms with Crippen LogP contribution in [0.5, 0.6) is 0 Å². The molecule has 11 atom stereocenters. The summed E-state index contributed by atoms with van der Waals surface area (Å²) in [7, 11) is 1.73. The van der Waals surface area contributed by atoms with Crippen LogP contribution in [-0.2, 0) is 9.47 Å². The second-order valence-electron chi connectivity index (χ2n) is 10.2. The van der Waals surface area contributed by atoms with Crippen LogP contribution in [0, 0.1) is 23.7 Å². The molecule has 30 heavy (non-hydrogen) atoms. The summed E-state index contributed by atoms with van der Waals surface area (Å²) in [6.07, 6.45) is 3.81. The van der Waals surface area contributed by atoms with E-state index in [0.29, 0.717) is 18.6 Å². The molecule has 0 radical (unpaired) electrons. The maximum atomic E-state index is 11.1. The number of rotatable bonds is 6. The molecule has 0 aromatic heterocycles. The van der Waals surface area contributed by atoms with E-state index in [2.05, 4.69) is 15.5 Å². The number of hydrogen-bond acceptors (Lipinski definition) is 8. The van der Waals surface area contributed by atoms with Gasteiger partial charge < -0.3 is 30.1 Å². The summed E-state index contributed by atoms with van der Waals surface area (Å²) in [5.74, 6) is 2.15. The Bertz CT molecular complexity index is 597. The van der Waals surface area contributed by atoms with Crippen molar-refractivity contribution >= 4 is 0 Å². The molecule has 3 saturated heterocycles. The minimum atomic E-state index is -1.05. The van der Waals surface area contributed by atoms with E-state index in [1.54, 1.807) is 7.11 Å². The van der Waals surface area contributed by atoms with Gasteiger partial charge in [0.1, 0.15) is 24.5 Å². The molecule has 0 spiro atoms. The van der Waals surface area contributed by atoms with Gasteiger partial charge in [-0.3, -0.25) is 10.2 Å². The summed E-state index contributed by atoms with van der Waals surface area (Å²) >= 11 is 0. The molecule has 172 valence electrons. The number of nitrogens with zero attached hydrogens (tertiary/aromatic N) is 1. The minimum Gasteiger partial charge on any atom is -0.390 e. The number of aliphatic hydroxyl groups excluding tert-OH is 3. The third kappa shape index (κ3) is 3.73. The number of nitrogens with one attached hydrogen (secondary N) is 2. The fraction of sp³-hybridized carbons (Fsp3) is 1.00.